The lowest BCUT2D eigenvalue weighted by molar-refractivity contribution is 0.0979. The molecule has 0 amide bonds. The van der Waals surface area contributed by atoms with Crippen molar-refractivity contribution in [2.75, 3.05) is 30.8 Å². The van der Waals surface area contributed by atoms with Gasteiger partial charge in [-0.1, -0.05) is 24.3 Å². The van der Waals surface area contributed by atoms with E-state index >= 15 is 0 Å². The molecule has 0 bridgehead atoms. The predicted molar refractivity (Wildman–Crippen MR) is 84.9 cm³/mol. The number of ketones is 2. The highest BCUT2D eigenvalue weighted by Crippen LogP contribution is 2.36. The number of carbonyl (C=O) groups excluding carboxylic acids is 2. The Morgan fingerprint density at radius 3 is 2.27 bits per heavy atom. The number of aliphatic hydroxyl groups is 1. The first kappa shape index (κ1) is 14.3. The van der Waals surface area contributed by atoms with Crippen molar-refractivity contribution in [3.8, 4) is 0 Å². The fourth-order valence-electron chi connectivity index (χ4n) is 2.76. The smallest absolute Gasteiger partial charge is 0.196 e. The number of carbonyl (C=O) groups is 2. The Labute approximate surface area is 128 Å². The molecule has 1 aliphatic rings. The van der Waals surface area contributed by atoms with E-state index in [0.29, 0.717) is 40.2 Å². The Hall–Kier alpha value is -2.66. The first-order chi connectivity index (χ1) is 10.7. The van der Waals surface area contributed by atoms with E-state index in [1.807, 2.05) is 0 Å². The predicted octanol–water partition coefficient (Wildman–Crippen LogP) is 1.91. The van der Waals surface area contributed by atoms with Crippen LogP contribution in [0.1, 0.15) is 31.8 Å². The van der Waals surface area contributed by atoms with Gasteiger partial charge in [-0.25, -0.2) is 0 Å². The Balaban J connectivity index is 2.23. The van der Waals surface area contributed by atoms with Gasteiger partial charge < -0.3 is 15.7 Å². The minimum atomic E-state index is -0.178. The lowest BCUT2D eigenvalue weighted by Crippen LogP contribution is -2.23. The second-order valence-electron chi connectivity index (χ2n) is 5.01. The van der Waals surface area contributed by atoms with E-state index in [2.05, 4.69) is 10.6 Å². The maximum absolute atomic E-state index is 12.8. The molecule has 3 rings (SSSR count). The van der Waals surface area contributed by atoms with Crippen molar-refractivity contribution in [2.45, 2.75) is 0 Å². The molecule has 0 atom stereocenters. The van der Waals surface area contributed by atoms with Crippen LogP contribution in [-0.4, -0.2) is 36.9 Å². The summed E-state index contributed by atoms with van der Waals surface area (Å²) in [5, 5.41) is 15.1. The van der Waals surface area contributed by atoms with Gasteiger partial charge in [0, 0.05) is 30.3 Å². The summed E-state index contributed by atoms with van der Waals surface area (Å²) < 4.78 is 0. The molecule has 0 saturated heterocycles. The lowest BCUT2D eigenvalue weighted by Gasteiger charge is -2.22. The highest BCUT2D eigenvalue weighted by molar-refractivity contribution is 6.30. The summed E-state index contributed by atoms with van der Waals surface area (Å²) in [7, 11) is 1.74. The molecule has 0 unspecified atom stereocenters. The van der Waals surface area contributed by atoms with Crippen LogP contribution in [0.5, 0.6) is 0 Å². The minimum absolute atomic E-state index is 0.0639. The van der Waals surface area contributed by atoms with Gasteiger partial charge in [0.1, 0.15) is 0 Å². The average Bonchev–Trinajstić information content (AvgIpc) is 2.57. The Kier molecular flexibility index (Phi) is 3.65. The molecular weight excluding hydrogens is 280 g/mol. The van der Waals surface area contributed by atoms with E-state index in [-0.39, 0.29) is 18.2 Å². The van der Waals surface area contributed by atoms with Gasteiger partial charge in [-0.3, -0.25) is 9.59 Å². The topological polar surface area (TPSA) is 78.4 Å². The zero-order valence-corrected chi connectivity index (χ0v) is 12.1. The molecule has 2 aromatic carbocycles. The van der Waals surface area contributed by atoms with Crippen molar-refractivity contribution < 1.29 is 14.7 Å². The zero-order valence-electron chi connectivity index (χ0n) is 12.1. The number of benzene rings is 2. The SMILES string of the molecule is CNc1ccc2c(c1NCCO)C(=O)c1ccccc1C2=O. The molecule has 3 N–H and O–H groups in total. The molecule has 1 aliphatic carbocycles. The summed E-state index contributed by atoms with van der Waals surface area (Å²) in [6.07, 6.45) is 0. The summed E-state index contributed by atoms with van der Waals surface area (Å²) in [6, 6.07) is 10.3. The van der Waals surface area contributed by atoms with Crippen LogP contribution in [0.4, 0.5) is 11.4 Å². The van der Waals surface area contributed by atoms with Gasteiger partial charge in [-0.15, -0.1) is 0 Å². The number of aliphatic hydroxyl groups excluding tert-OH is 1. The number of rotatable bonds is 4. The first-order valence-electron chi connectivity index (χ1n) is 7.07. The summed E-state index contributed by atoms with van der Waals surface area (Å²) in [5.74, 6) is -0.331. The van der Waals surface area contributed by atoms with E-state index in [9.17, 15) is 9.59 Å². The van der Waals surface area contributed by atoms with Gasteiger partial charge in [-0.05, 0) is 12.1 Å². The maximum Gasteiger partial charge on any atom is 0.196 e. The molecule has 5 heteroatoms. The number of hydrogen-bond donors (Lipinski definition) is 3. The molecule has 0 aliphatic heterocycles. The molecule has 22 heavy (non-hydrogen) atoms. The zero-order chi connectivity index (χ0) is 15.7. The number of nitrogens with one attached hydrogen (secondary N) is 2. The highest BCUT2D eigenvalue weighted by Gasteiger charge is 2.32. The first-order valence-corrected chi connectivity index (χ1v) is 7.07. The standard InChI is InChI=1S/C17H16N2O3/c1-18-13-7-6-12-14(15(13)19-8-9-20)17(22)11-5-3-2-4-10(11)16(12)21/h2-7,18-20H,8-9H2,1H3. The fourth-order valence-corrected chi connectivity index (χ4v) is 2.76. The third kappa shape index (κ3) is 2.07. The largest absolute Gasteiger partial charge is 0.395 e. The van der Waals surface area contributed by atoms with Gasteiger partial charge >= 0.3 is 0 Å². The van der Waals surface area contributed by atoms with E-state index in [4.69, 9.17) is 5.11 Å². The molecule has 2 aromatic rings. The summed E-state index contributed by atoms with van der Waals surface area (Å²) >= 11 is 0. The van der Waals surface area contributed by atoms with E-state index in [0.717, 1.165) is 0 Å². The molecule has 5 nitrogen and oxygen atoms in total. The van der Waals surface area contributed by atoms with Crippen molar-refractivity contribution in [1.29, 1.82) is 0 Å². The number of hydrogen-bond acceptors (Lipinski definition) is 5. The molecule has 0 saturated carbocycles. The van der Waals surface area contributed by atoms with Crippen LogP contribution >= 0.6 is 0 Å². The molecule has 0 aromatic heterocycles. The van der Waals surface area contributed by atoms with Crippen molar-refractivity contribution in [3.05, 3.63) is 58.7 Å². The van der Waals surface area contributed by atoms with Crippen LogP contribution in [-0.2, 0) is 0 Å². The summed E-state index contributed by atoms with van der Waals surface area (Å²) in [5.41, 5.74) is 2.88. The van der Waals surface area contributed by atoms with E-state index in [1.54, 1.807) is 43.4 Å². The maximum atomic E-state index is 12.8. The number of anilines is 2. The van der Waals surface area contributed by atoms with Gasteiger partial charge in [0.25, 0.3) is 0 Å². The summed E-state index contributed by atoms with van der Waals surface area (Å²) in [6.45, 7) is 0.236. The van der Waals surface area contributed by atoms with Gasteiger partial charge in [0.15, 0.2) is 11.6 Å². The van der Waals surface area contributed by atoms with Crippen LogP contribution in [0.2, 0.25) is 0 Å². The summed E-state index contributed by atoms with van der Waals surface area (Å²) in [4.78, 5) is 25.5. The number of fused-ring (bicyclic) bond motifs is 2. The van der Waals surface area contributed by atoms with Crippen LogP contribution in [0, 0.1) is 0 Å². The Bertz CT molecular complexity index is 768. The quantitative estimate of drug-likeness (QED) is 0.685. The molecule has 0 spiro atoms. The molecule has 112 valence electrons. The fraction of sp³-hybridized carbons (Fsp3) is 0.176. The van der Waals surface area contributed by atoms with Crippen LogP contribution < -0.4 is 10.6 Å². The normalized spacial score (nSPS) is 12.6. The Morgan fingerprint density at radius 1 is 0.955 bits per heavy atom. The van der Waals surface area contributed by atoms with Crippen LogP contribution in [0.25, 0.3) is 0 Å². The second-order valence-corrected chi connectivity index (χ2v) is 5.01. The molecule has 0 heterocycles. The average molecular weight is 296 g/mol. The van der Waals surface area contributed by atoms with Crippen molar-refractivity contribution in [2.24, 2.45) is 0 Å². The molecule has 0 radical (unpaired) electrons. The van der Waals surface area contributed by atoms with E-state index < -0.39 is 0 Å². The van der Waals surface area contributed by atoms with Crippen molar-refractivity contribution >= 4 is 22.9 Å². The highest BCUT2D eigenvalue weighted by atomic mass is 16.3. The third-order valence-electron chi connectivity index (χ3n) is 3.78. The lowest BCUT2D eigenvalue weighted by atomic mass is 9.83. The van der Waals surface area contributed by atoms with Crippen LogP contribution in [0.3, 0.4) is 0 Å². The minimum Gasteiger partial charge on any atom is -0.395 e. The monoisotopic (exact) mass is 296 g/mol. The van der Waals surface area contributed by atoms with Gasteiger partial charge in [0.2, 0.25) is 0 Å². The second kappa shape index (κ2) is 5.61. The van der Waals surface area contributed by atoms with Crippen molar-refractivity contribution in [1.82, 2.24) is 0 Å². The van der Waals surface area contributed by atoms with Gasteiger partial charge in [0.05, 0.1) is 23.5 Å². The Morgan fingerprint density at radius 2 is 1.64 bits per heavy atom. The third-order valence-corrected chi connectivity index (χ3v) is 3.78. The van der Waals surface area contributed by atoms with Crippen molar-refractivity contribution in [3.63, 3.8) is 0 Å². The van der Waals surface area contributed by atoms with Gasteiger partial charge in [-0.2, -0.15) is 0 Å². The van der Waals surface area contributed by atoms with E-state index in [1.165, 1.54) is 0 Å². The molecular formula is C17H16N2O3. The molecule has 0 fully saturated rings. The van der Waals surface area contributed by atoms with Crippen LogP contribution in [0.15, 0.2) is 36.4 Å².